The topological polar surface area (TPSA) is 9.23 Å². The van der Waals surface area contributed by atoms with E-state index in [1.807, 2.05) is 0 Å². The van der Waals surface area contributed by atoms with Crippen LogP contribution in [-0.2, 0) is 4.74 Å². The van der Waals surface area contributed by atoms with Gasteiger partial charge >= 0.3 is 0 Å². The number of ether oxygens (including phenoxy) is 1. The minimum atomic E-state index is 0.202. The van der Waals surface area contributed by atoms with E-state index in [-0.39, 0.29) is 5.60 Å². The van der Waals surface area contributed by atoms with Crippen LogP contribution in [0.2, 0.25) is 0 Å². The molecule has 1 saturated carbocycles. The zero-order valence-electron chi connectivity index (χ0n) is 8.39. The zero-order chi connectivity index (χ0) is 9.31. The lowest BCUT2D eigenvalue weighted by atomic mass is 9.97. The van der Waals surface area contributed by atoms with Crippen LogP contribution in [-0.4, -0.2) is 16.1 Å². The first-order chi connectivity index (χ1) is 6.23. The summed E-state index contributed by atoms with van der Waals surface area (Å²) in [5.74, 6) is 0.893. The summed E-state index contributed by atoms with van der Waals surface area (Å²) in [4.78, 5) is 0. The molecule has 0 aromatic rings. The molecule has 0 bridgehead atoms. The van der Waals surface area contributed by atoms with Gasteiger partial charge in [0, 0.05) is 4.43 Å². The van der Waals surface area contributed by atoms with Crippen molar-refractivity contribution in [1.82, 2.24) is 0 Å². The van der Waals surface area contributed by atoms with Crippen LogP contribution in [0.5, 0.6) is 0 Å². The lowest BCUT2D eigenvalue weighted by molar-refractivity contribution is -0.0347. The van der Waals surface area contributed by atoms with E-state index in [4.69, 9.17) is 4.74 Å². The third kappa shape index (κ3) is 2.20. The minimum absolute atomic E-state index is 0.202. The molecule has 0 aromatic carbocycles. The Morgan fingerprint density at radius 1 is 1.31 bits per heavy atom. The van der Waals surface area contributed by atoms with Gasteiger partial charge in [-0.05, 0) is 38.5 Å². The van der Waals surface area contributed by atoms with Crippen molar-refractivity contribution in [1.29, 1.82) is 0 Å². The molecule has 2 aliphatic rings. The highest BCUT2D eigenvalue weighted by Gasteiger charge is 2.39. The van der Waals surface area contributed by atoms with Crippen molar-refractivity contribution in [2.75, 3.05) is 4.43 Å². The summed E-state index contributed by atoms with van der Waals surface area (Å²) in [7, 11) is 0. The van der Waals surface area contributed by atoms with Crippen molar-refractivity contribution in [3.05, 3.63) is 0 Å². The third-order valence-electron chi connectivity index (χ3n) is 3.60. The van der Waals surface area contributed by atoms with E-state index in [0.29, 0.717) is 6.10 Å². The Kier molecular flexibility index (Phi) is 3.18. The summed E-state index contributed by atoms with van der Waals surface area (Å²) >= 11 is 2.45. The molecule has 0 amide bonds. The molecule has 0 radical (unpaired) electrons. The Morgan fingerprint density at radius 3 is 2.54 bits per heavy atom. The van der Waals surface area contributed by atoms with Crippen molar-refractivity contribution in [3.63, 3.8) is 0 Å². The maximum atomic E-state index is 6.17. The fourth-order valence-electron chi connectivity index (χ4n) is 2.69. The highest BCUT2D eigenvalue weighted by atomic mass is 127. The minimum Gasteiger partial charge on any atom is -0.371 e. The summed E-state index contributed by atoms with van der Waals surface area (Å²) < 4.78 is 7.32. The molecule has 2 unspecified atom stereocenters. The van der Waals surface area contributed by atoms with Crippen molar-refractivity contribution in [2.24, 2.45) is 5.92 Å². The van der Waals surface area contributed by atoms with Gasteiger partial charge < -0.3 is 4.74 Å². The predicted molar refractivity (Wildman–Crippen MR) is 63.4 cm³/mol. The van der Waals surface area contributed by atoms with Gasteiger partial charge in [-0.15, -0.1) is 0 Å². The second-order valence-corrected chi connectivity index (χ2v) is 5.59. The molecule has 1 nitrogen and oxygen atoms in total. The fourth-order valence-corrected chi connectivity index (χ4v) is 3.25. The van der Waals surface area contributed by atoms with Crippen LogP contribution in [0.15, 0.2) is 0 Å². The maximum Gasteiger partial charge on any atom is 0.0748 e. The van der Waals surface area contributed by atoms with Crippen molar-refractivity contribution < 1.29 is 4.74 Å². The van der Waals surface area contributed by atoms with Gasteiger partial charge in [0.15, 0.2) is 0 Å². The first kappa shape index (κ1) is 10.2. The molecule has 0 aromatic heterocycles. The molecule has 1 saturated heterocycles. The van der Waals surface area contributed by atoms with Crippen LogP contribution in [0.3, 0.4) is 0 Å². The molecule has 2 rings (SSSR count). The highest BCUT2D eigenvalue weighted by molar-refractivity contribution is 14.1. The second-order valence-electron chi connectivity index (χ2n) is 4.82. The largest absolute Gasteiger partial charge is 0.371 e. The van der Waals surface area contributed by atoms with Gasteiger partial charge in [-0.2, -0.15) is 0 Å². The molecule has 76 valence electrons. The van der Waals surface area contributed by atoms with E-state index in [1.165, 1.54) is 38.5 Å². The Labute approximate surface area is 94.8 Å². The standard InChI is InChI=1S/C11H19IO/c1-11(8-12)7-6-10(13-11)9-4-2-3-5-9/h9-10H,2-8H2,1H3. The summed E-state index contributed by atoms with van der Waals surface area (Å²) in [5, 5.41) is 0. The second kappa shape index (κ2) is 4.05. The normalized spacial score (nSPS) is 41.5. The summed E-state index contributed by atoms with van der Waals surface area (Å²) in [5.41, 5.74) is 0.202. The van der Waals surface area contributed by atoms with Gasteiger partial charge in [0.2, 0.25) is 0 Å². The van der Waals surface area contributed by atoms with Crippen molar-refractivity contribution >= 4 is 22.6 Å². The molecule has 1 heterocycles. The molecule has 2 atom stereocenters. The molecule has 1 aliphatic carbocycles. The third-order valence-corrected chi connectivity index (χ3v) is 5.22. The van der Waals surface area contributed by atoms with Gasteiger partial charge in [0.1, 0.15) is 0 Å². The SMILES string of the molecule is CC1(CI)CCC(C2CCCC2)O1. The average Bonchev–Trinajstić information content (AvgIpc) is 2.73. The summed E-state index contributed by atoms with van der Waals surface area (Å²) in [6, 6.07) is 0. The average molecular weight is 294 g/mol. The summed E-state index contributed by atoms with van der Waals surface area (Å²) in [6.45, 7) is 2.27. The molecule has 0 spiro atoms. The number of halogens is 1. The van der Waals surface area contributed by atoms with Crippen LogP contribution in [0.25, 0.3) is 0 Å². The Balaban J connectivity index is 1.90. The fraction of sp³-hybridized carbons (Fsp3) is 1.00. The van der Waals surface area contributed by atoms with E-state index >= 15 is 0 Å². The van der Waals surface area contributed by atoms with Gasteiger partial charge in [-0.1, -0.05) is 35.4 Å². The van der Waals surface area contributed by atoms with E-state index in [0.717, 1.165) is 10.3 Å². The van der Waals surface area contributed by atoms with Crippen molar-refractivity contribution in [2.45, 2.75) is 57.2 Å². The quantitative estimate of drug-likeness (QED) is 0.559. The molecular formula is C11H19IO. The van der Waals surface area contributed by atoms with Crippen LogP contribution >= 0.6 is 22.6 Å². The maximum absolute atomic E-state index is 6.17. The molecular weight excluding hydrogens is 275 g/mol. The molecule has 0 N–H and O–H groups in total. The number of hydrogen-bond acceptors (Lipinski definition) is 1. The van der Waals surface area contributed by atoms with Gasteiger partial charge in [0.05, 0.1) is 11.7 Å². The smallest absolute Gasteiger partial charge is 0.0748 e. The summed E-state index contributed by atoms with van der Waals surface area (Å²) in [6.07, 6.45) is 8.89. The number of rotatable bonds is 2. The van der Waals surface area contributed by atoms with Crippen LogP contribution in [0.1, 0.15) is 45.4 Å². The van der Waals surface area contributed by atoms with E-state index < -0.39 is 0 Å². The van der Waals surface area contributed by atoms with E-state index in [9.17, 15) is 0 Å². The molecule has 2 heteroatoms. The Hall–Kier alpha value is 0.690. The highest BCUT2D eigenvalue weighted by Crippen LogP contribution is 2.40. The molecule has 2 fully saturated rings. The molecule has 13 heavy (non-hydrogen) atoms. The van der Waals surface area contributed by atoms with Crippen LogP contribution in [0.4, 0.5) is 0 Å². The van der Waals surface area contributed by atoms with Crippen LogP contribution in [0, 0.1) is 5.92 Å². The van der Waals surface area contributed by atoms with E-state index in [2.05, 4.69) is 29.5 Å². The lowest BCUT2D eigenvalue weighted by Crippen LogP contribution is -2.28. The van der Waals surface area contributed by atoms with Gasteiger partial charge in [0.25, 0.3) is 0 Å². The molecule has 1 aliphatic heterocycles. The van der Waals surface area contributed by atoms with Gasteiger partial charge in [-0.3, -0.25) is 0 Å². The first-order valence-corrected chi connectivity index (χ1v) is 7.00. The Bertz CT molecular complexity index is 177. The monoisotopic (exact) mass is 294 g/mol. The zero-order valence-corrected chi connectivity index (χ0v) is 10.5. The Morgan fingerprint density at radius 2 is 2.00 bits per heavy atom. The lowest BCUT2D eigenvalue weighted by Gasteiger charge is -2.24. The van der Waals surface area contributed by atoms with Crippen molar-refractivity contribution in [3.8, 4) is 0 Å². The van der Waals surface area contributed by atoms with Gasteiger partial charge in [-0.25, -0.2) is 0 Å². The number of alkyl halides is 1. The van der Waals surface area contributed by atoms with Crippen LogP contribution < -0.4 is 0 Å². The van der Waals surface area contributed by atoms with E-state index in [1.54, 1.807) is 0 Å². The first-order valence-electron chi connectivity index (χ1n) is 5.47. The number of hydrogen-bond donors (Lipinski definition) is 0. The predicted octanol–water partition coefficient (Wildman–Crippen LogP) is 3.55.